The molecule has 1 aliphatic rings. The van der Waals surface area contributed by atoms with Gasteiger partial charge in [-0.15, -0.1) is 0 Å². The zero-order valence-electron chi connectivity index (χ0n) is 17.0. The summed E-state index contributed by atoms with van der Waals surface area (Å²) < 4.78 is 12.5. The molecular formula is C20H28N4O5. The number of methoxy groups -OCH3 is 1. The molecule has 0 bridgehead atoms. The molecule has 0 aliphatic carbocycles. The molecule has 1 amide bonds. The van der Waals surface area contributed by atoms with Crippen molar-refractivity contribution < 1.29 is 24.2 Å². The van der Waals surface area contributed by atoms with E-state index in [2.05, 4.69) is 15.6 Å². The summed E-state index contributed by atoms with van der Waals surface area (Å²) in [5, 5.41) is 15.8. The molecule has 3 N–H and O–H groups in total. The van der Waals surface area contributed by atoms with Crippen LogP contribution in [0.1, 0.15) is 43.6 Å². The van der Waals surface area contributed by atoms with Gasteiger partial charge in [0.15, 0.2) is 5.69 Å². The second kappa shape index (κ2) is 9.23. The van der Waals surface area contributed by atoms with Crippen molar-refractivity contribution in [2.75, 3.05) is 31.0 Å². The predicted octanol–water partition coefficient (Wildman–Crippen LogP) is 2.14. The van der Waals surface area contributed by atoms with Gasteiger partial charge in [-0.2, -0.15) is 0 Å². The number of esters is 1. The van der Waals surface area contributed by atoms with Crippen LogP contribution in [0.15, 0.2) is 12.3 Å². The Balaban J connectivity index is 2.12. The minimum atomic E-state index is -0.548. The zero-order valence-corrected chi connectivity index (χ0v) is 17.0. The van der Waals surface area contributed by atoms with Crippen molar-refractivity contribution in [2.45, 2.75) is 51.8 Å². The van der Waals surface area contributed by atoms with E-state index < -0.39 is 5.97 Å². The number of hydrogen-bond donors (Lipinski definition) is 3. The maximum Gasteiger partial charge on any atom is 0.356 e. The Hall–Kier alpha value is -2.65. The van der Waals surface area contributed by atoms with Gasteiger partial charge >= 0.3 is 5.97 Å². The molecule has 2 aromatic heterocycles. The van der Waals surface area contributed by atoms with Crippen LogP contribution in [-0.4, -0.2) is 59.0 Å². The number of aromatic nitrogens is 2. The second-order valence-corrected chi connectivity index (χ2v) is 7.29. The molecule has 1 saturated heterocycles. The van der Waals surface area contributed by atoms with Gasteiger partial charge in [0.05, 0.1) is 37.3 Å². The van der Waals surface area contributed by atoms with Crippen LogP contribution in [0.3, 0.4) is 0 Å². The van der Waals surface area contributed by atoms with Crippen molar-refractivity contribution in [3.8, 4) is 0 Å². The second-order valence-electron chi connectivity index (χ2n) is 7.29. The number of carbonyl (C=O) groups excluding carboxylic acids is 2. The molecule has 158 valence electrons. The monoisotopic (exact) mass is 404 g/mol. The lowest BCUT2D eigenvalue weighted by molar-refractivity contribution is -0.114. The summed E-state index contributed by atoms with van der Waals surface area (Å²) in [4.78, 5) is 29.0. The third kappa shape index (κ3) is 4.68. The molecule has 0 radical (unpaired) electrons. The Labute approximate surface area is 169 Å². The van der Waals surface area contributed by atoms with Gasteiger partial charge in [-0.1, -0.05) is 0 Å². The number of pyridine rings is 1. The Kier molecular flexibility index (Phi) is 6.71. The van der Waals surface area contributed by atoms with E-state index in [-0.39, 0.29) is 30.4 Å². The van der Waals surface area contributed by atoms with Gasteiger partial charge in [0.1, 0.15) is 5.65 Å². The topological polar surface area (TPSA) is 115 Å². The highest BCUT2D eigenvalue weighted by Crippen LogP contribution is 2.34. The fourth-order valence-electron chi connectivity index (χ4n) is 3.64. The van der Waals surface area contributed by atoms with E-state index in [1.54, 1.807) is 10.8 Å². The highest BCUT2D eigenvalue weighted by molar-refractivity contribution is 6.10. The minimum Gasteiger partial charge on any atom is -0.464 e. The number of amides is 1. The SMILES string of the molecule is COC(=O)c1c(NC(C)=O)c2cc(N[C@H](C)CCO)cnc2n1C[C@@H]1CCCO1. The predicted molar refractivity (Wildman–Crippen MR) is 109 cm³/mol. The summed E-state index contributed by atoms with van der Waals surface area (Å²) in [6.07, 6.45) is 4.11. The third-order valence-corrected chi connectivity index (χ3v) is 4.96. The highest BCUT2D eigenvalue weighted by atomic mass is 16.5. The Morgan fingerprint density at radius 2 is 2.28 bits per heavy atom. The van der Waals surface area contributed by atoms with E-state index in [4.69, 9.17) is 14.6 Å². The zero-order chi connectivity index (χ0) is 21.0. The number of carbonyl (C=O) groups is 2. The molecule has 2 aromatic rings. The van der Waals surface area contributed by atoms with Crippen molar-refractivity contribution >= 4 is 34.3 Å². The summed E-state index contributed by atoms with van der Waals surface area (Å²) in [6, 6.07) is 1.89. The smallest absolute Gasteiger partial charge is 0.356 e. The average molecular weight is 404 g/mol. The van der Waals surface area contributed by atoms with E-state index in [0.29, 0.717) is 36.3 Å². The standard InChI is InChI=1S/C20H28N4O5/c1-12(6-7-25)22-14-9-16-17(23-13(2)26)18(20(27)28-3)24(19(16)21-10-14)11-15-5-4-8-29-15/h9-10,12,15,22,25H,4-8,11H2,1-3H3,(H,23,26)/t12-,15+/m1/s1. The van der Waals surface area contributed by atoms with Gasteiger partial charge in [0.25, 0.3) is 0 Å². The van der Waals surface area contributed by atoms with Gasteiger partial charge in [-0.05, 0) is 32.3 Å². The van der Waals surface area contributed by atoms with Crippen LogP contribution in [0.25, 0.3) is 11.0 Å². The molecule has 0 unspecified atom stereocenters. The van der Waals surface area contributed by atoms with Gasteiger partial charge in [0.2, 0.25) is 5.91 Å². The molecule has 3 rings (SSSR count). The molecule has 29 heavy (non-hydrogen) atoms. The van der Waals surface area contributed by atoms with Gasteiger partial charge in [0, 0.05) is 31.6 Å². The normalized spacial score (nSPS) is 17.3. The highest BCUT2D eigenvalue weighted by Gasteiger charge is 2.28. The average Bonchev–Trinajstić information content (AvgIpc) is 3.28. The molecule has 0 spiro atoms. The molecule has 0 saturated carbocycles. The number of aliphatic hydroxyl groups is 1. The van der Waals surface area contributed by atoms with Gasteiger partial charge < -0.3 is 29.8 Å². The first-order valence-electron chi connectivity index (χ1n) is 9.81. The van der Waals surface area contributed by atoms with Crippen molar-refractivity contribution in [3.05, 3.63) is 18.0 Å². The first kappa shape index (κ1) is 21.1. The van der Waals surface area contributed by atoms with Crippen LogP contribution < -0.4 is 10.6 Å². The lowest BCUT2D eigenvalue weighted by Gasteiger charge is -2.15. The van der Waals surface area contributed by atoms with E-state index in [1.807, 2.05) is 13.0 Å². The summed E-state index contributed by atoms with van der Waals surface area (Å²) in [5.41, 5.74) is 1.94. The number of fused-ring (bicyclic) bond motifs is 1. The number of nitrogens with zero attached hydrogens (tertiary/aromatic N) is 2. The van der Waals surface area contributed by atoms with Crippen LogP contribution in [-0.2, 0) is 20.8 Å². The van der Waals surface area contributed by atoms with E-state index >= 15 is 0 Å². The molecule has 2 atom stereocenters. The van der Waals surface area contributed by atoms with Crippen LogP contribution in [0.4, 0.5) is 11.4 Å². The largest absolute Gasteiger partial charge is 0.464 e. The third-order valence-electron chi connectivity index (χ3n) is 4.96. The Bertz CT molecular complexity index is 889. The molecule has 0 aromatic carbocycles. The number of hydrogen-bond acceptors (Lipinski definition) is 7. The Morgan fingerprint density at radius 3 is 2.90 bits per heavy atom. The van der Waals surface area contributed by atoms with Crippen molar-refractivity contribution in [2.24, 2.45) is 0 Å². The van der Waals surface area contributed by atoms with E-state index in [9.17, 15) is 9.59 Å². The Morgan fingerprint density at radius 1 is 1.48 bits per heavy atom. The van der Waals surface area contributed by atoms with E-state index in [1.165, 1.54) is 14.0 Å². The number of ether oxygens (including phenoxy) is 2. The number of anilines is 2. The number of nitrogens with one attached hydrogen (secondary N) is 2. The summed E-state index contributed by atoms with van der Waals surface area (Å²) >= 11 is 0. The molecule has 3 heterocycles. The van der Waals surface area contributed by atoms with Crippen molar-refractivity contribution in [3.63, 3.8) is 0 Å². The lowest BCUT2D eigenvalue weighted by Crippen LogP contribution is -2.21. The maximum absolute atomic E-state index is 12.6. The first-order valence-corrected chi connectivity index (χ1v) is 9.81. The van der Waals surface area contributed by atoms with Crippen LogP contribution in [0.5, 0.6) is 0 Å². The summed E-state index contributed by atoms with van der Waals surface area (Å²) in [7, 11) is 1.31. The van der Waals surface area contributed by atoms with Crippen LogP contribution >= 0.6 is 0 Å². The van der Waals surface area contributed by atoms with E-state index in [0.717, 1.165) is 18.5 Å². The molecule has 9 nitrogen and oxygen atoms in total. The van der Waals surface area contributed by atoms with Crippen LogP contribution in [0, 0.1) is 0 Å². The lowest BCUT2D eigenvalue weighted by atomic mass is 10.2. The fourth-order valence-corrected chi connectivity index (χ4v) is 3.64. The van der Waals surface area contributed by atoms with Gasteiger partial charge in [-0.25, -0.2) is 9.78 Å². The summed E-state index contributed by atoms with van der Waals surface area (Å²) in [6.45, 7) is 4.56. The minimum absolute atomic E-state index is 0.0247. The first-order chi connectivity index (χ1) is 13.9. The number of rotatable bonds is 8. The van der Waals surface area contributed by atoms with Crippen molar-refractivity contribution in [1.82, 2.24) is 9.55 Å². The number of aliphatic hydroxyl groups excluding tert-OH is 1. The quantitative estimate of drug-likeness (QED) is 0.578. The summed E-state index contributed by atoms with van der Waals surface area (Å²) in [5.74, 6) is -0.841. The fraction of sp³-hybridized carbons (Fsp3) is 0.550. The molecular weight excluding hydrogens is 376 g/mol. The molecule has 9 heteroatoms. The van der Waals surface area contributed by atoms with Crippen molar-refractivity contribution in [1.29, 1.82) is 0 Å². The van der Waals surface area contributed by atoms with Crippen LogP contribution in [0.2, 0.25) is 0 Å². The molecule has 1 fully saturated rings. The van der Waals surface area contributed by atoms with Gasteiger partial charge in [-0.3, -0.25) is 4.79 Å². The maximum atomic E-state index is 12.6. The molecule has 1 aliphatic heterocycles.